The van der Waals surface area contributed by atoms with Gasteiger partial charge in [0.25, 0.3) is 0 Å². The molecule has 0 saturated heterocycles. The smallest absolute Gasteiger partial charge is 0.0501 e. The largest absolute Gasteiger partial charge is 0.397 e. The Morgan fingerprint density at radius 2 is 2.25 bits per heavy atom. The molecule has 3 nitrogen and oxygen atoms in total. The summed E-state index contributed by atoms with van der Waals surface area (Å²) in [6, 6.07) is 4.42. The van der Waals surface area contributed by atoms with E-state index in [0.717, 1.165) is 30.9 Å². The van der Waals surface area contributed by atoms with Crippen LogP contribution in [-0.4, -0.2) is 29.0 Å². The van der Waals surface area contributed by atoms with E-state index in [9.17, 15) is 0 Å². The van der Waals surface area contributed by atoms with Crippen molar-refractivity contribution in [2.45, 2.75) is 26.3 Å². The van der Waals surface area contributed by atoms with Gasteiger partial charge in [-0.2, -0.15) is 0 Å². The third-order valence-corrected chi connectivity index (χ3v) is 2.60. The lowest BCUT2D eigenvalue weighted by Gasteiger charge is -2.24. The molecule has 0 amide bonds. The lowest BCUT2D eigenvalue weighted by atomic mass is 10.2. The van der Waals surface area contributed by atoms with Gasteiger partial charge in [0.15, 0.2) is 0 Å². The zero-order valence-corrected chi connectivity index (χ0v) is 10.2. The molecule has 1 heterocycles. The molecule has 0 aliphatic carbocycles. The van der Waals surface area contributed by atoms with E-state index in [-0.39, 0.29) is 0 Å². The molecular weight excluding hydrogens is 198 g/mol. The fourth-order valence-corrected chi connectivity index (χ4v) is 1.57. The first-order chi connectivity index (χ1) is 7.63. The van der Waals surface area contributed by atoms with E-state index in [4.69, 9.17) is 5.73 Å². The van der Waals surface area contributed by atoms with Gasteiger partial charge in [-0.05, 0) is 26.0 Å². The van der Waals surface area contributed by atoms with Crippen molar-refractivity contribution in [2.75, 3.05) is 18.8 Å². The number of hydrogen-bond acceptors (Lipinski definition) is 3. The van der Waals surface area contributed by atoms with Crippen molar-refractivity contribution in [3.8, 4) is 0 Å². The highest BCUT2D eigenvalue weighted by molar-refractivity contribution is 5.34. The molecule has 0 fully saturated rings. The maximum absolute atomic E-state index is 5.59. The van der Waals surface area contributed by atoms with Crippen LogP contribution in [-0.2, 0) is 6.42 Å². The second-order valence-electron chi connectivity index (χ2n) is 4.21. The number of anilines is 1. The first-order valence-corrected chi connectivity index (χ1v) is 5.69. The van der Waals surface area contributed by atoms with E-state index in [1.807, 2.05) is 18.2 Å². The van der Waals surface area contributed by atoms with Crippen LogP contribution in [0.15, 0.2) is 31.0 Å². The second-order valence-corrected chi connectivity index (χ2v) is 4.21. The maximum Gasteiger partial charge on any atom is 0.0501 e. The van der Waals surface area contributed by atoms with Gasteiger partial charge in [0, 0.05) is 31.2 Å². The average molecular weight is 219 g/mol. The lowest BCUT2D eigenvalue weighted by Crippen LogP contribution is -2.33. The Labute approximate surface area is 98.0 Å². The minimum Gasteiger partial charge on any atom is -0.397 e. The molecule has 1 aromatic heterocycles. The summed E-state index contributed by atoms with van der Waals surface area (Å²) in [5.41, 5.74) is 7.40. The summed E-state index contributed by atoms with van der Waals surface area (Å²) >= 11 is 0. The van der Waals surface area contributed by atoms with Crippen molar-refractivity contribution in [1.82, 2.24) is 9.88 Å². The SMILES string of the molecule is C=CCN(CCc1ccc(N)cn1)C(C)C. The molecule has 0 aromatic carbocycles. The fourth-order valence-electron chi connectivity index (χ4n) is 1.57. The van der Waals surface area contributed by atoms with E-state index in [0.29, 0.717) is 6.04 Å². The quantitative estimate of drug-likeness (QED) is 0.745. The van der Waals surface area contributed by atoms with Gasteiger partial charge >= 0.3 is 0 Å². The van der Waals surface area contributed by atoms with E-state index >= 15 is 0 Å². The molecule has 16 heavy (non-hydrogen) atoms. The van der Waals surface area contributed by atoms with Gasteiger partial charge in [-0.3, -0.25) is 9.88 Å². The number of nitrogen functional groups attached to an aromatic ring is 1. The summed E-state index contributed by atoms with van der Waals surface area (Å²) in [7, 11) is 0. The van der Waals surface area contributed by atoms with Gasteiger partial charge in [0.2, 0.25) is 0 Å². The summed E-state index contributed by atoms with van der Waals surface area (Å²) in [5, 5.41) is 0. The standard InChI is InChI=1S/C13H21N3/c1-4-8-16(11(2)3)9-7-13-6-5-12(14)10-15-13/h4-6,10-11H,1,7-9,14H2,2-3H3. The third kappa shape index (κ3) is 4.03. The highest BCUT2D eigenvalue weighted by Gasteiger charge is 2.07. The molecule has 0 aliphatic rings. The van der Waals surface area contributed by atoms with Crippen LogP contribution in [0.1, 0.15) is 19.5 Å². The monoisotopic (exact) mass is 219 g/mol. The van der Waals surface area contributed by atoms with Gasteiger partial charge in [-0.15, -0.1) is 6.58 Å². The van der Waals surface area contributed by atoms with Gasteiger partial charge in [-0.1, -0.05) is 6.08 Å². The normalized spacial score (nSPS) is 11.0. The zero-order valence-electron chi connectivity index (χ0n) is 10.2. The summed E-state index contributed by atoms with van der Waals surface area (Å²) in [6.45, 7) is 10.1. The number of aromatic nitrogens is 1. The molecule has 0 bridgehead atoms. The molecule has 3 heteroatoms. The Morgan fingerprint density at radius 1 is 1.50 bits per heavy atom. The number of nitrogens with two attached hydrogens (primary N) is 1. The van der Waals surface area contributed by atoms with Crippen molar-refractivity contribution in [2.24, 2.45) is 0 Å². The highest BCUT2D eigenvalue weighted by Crippen LogP contribution is 2.05. The zero-order chi connectivity index (χ0) is 12.0. The van der Waals surface area contributed by atoms with E-state index < -0.39 is 0 Å². The van der Waals surface area contributed by atoms with Crippen molar-refractivity contribution in [3.63, 3.8) is 0 Å². The molecule has 0 aliphatic heterocycles. The van der Waals surface area contributed by atoms with Crippen molar-refractivity contribution in [1.29, 1.82) is 0 Å². The Morgan fingerprint density at radius 3 is 2.75 bits per heavy atom. The Kier molecular flexibility index (Phi) is 4.99. The van der Waals surface area contributed by atoms with Crippen LogP contribution in [0.25, 0.3) is 0 Å². The van der Waals surface area contributed by atoms with E-state index in [1.165, 1.54) is 0 Å². The van der Waals surface area contributed by atoms with Crippen molar-refractivity contribution in [3.05, 3.63) is 36.7 Å². The van der Waals surface area contributed by atoms with Crippen LogP contribution in [0.5, 0.6) is 0 Å². The van der Waals surface area contributed by atoms with Crippen LogP contribution in [0.3, 0.4) is 0 Å². The van der Waals surface area contributed by atoms with Crippen LogP contribution in [0.4, 0.5) is 5.69 Å². The highest BCUT2D eigenvalue weighted by atomic mass is 15.1. The predicted molar refractivity (Wildman–Crippen MR) is 69.3 cm³/mol. The van der Waals surface area contributed by atoms with Gasteiger partial charge in [0.05, 0.1) is 11.9 Å². The number of pyridine rings is 1. The van der Waals surface area contributed by atoms with Crippen molar-refractivity contribution < 1.29 is 0 Å². The van der Waals surface area contributed by atoms with Gasteiger partial charge < -0.3 is 5.73 Å². The van der Waals surface area contributed by atoms with Gasteiger partial charge in [0.1, 0.15) is 0 Å². The topological polar surface area (TPSA) is 42.1 Å². The number of nitrogens with zero attached hydrogens (tertiary/aromatic N) is 2. The Hall–Kier alpha value is -1.35. The molecule has 0 unspecified atom stereocenters. The first-order valence-electron chi connectivity index (χ1n) is 5.69. The van der Waals surface area contributed by atoms with Crippen LogP contribution in [0, 0.1) is 0 Å². The second kappa shape index (κ2) is 6.28. The summed E-state index contributed by atoms with van der Waals surface area (Å²) in [4.78, 5) is 6.66. The van der Waals surface area contributed by atoms with E-state index in [1.54, 1.807) is 6.20 Å². The number of rotatable bonds is 6. The Bertz CT molecular complexity index is 316. The molecule has 0 atom stereocenters. The maximum atomic E-state index is 5.59. The molecule has 88 valence electrons. The fraction of sp³-hybridized carbons (Fsp3) is 0.462. The van der Waals surface area contributed by atoms with Crippen LogP contribution in [0.2, 0.25) is 0 Å². The predicted octanol–water partition coefficient (Wildman–Crippen LogP) is 2.10. The van der Waals surface area contributed by atoms with Crippen LogP contribution < -0.4 is 5.73 Å². The molecule has 0 saturated carbocycles. The third-order valence-electron chi connectivity index (χ3n) is 2.60. The molecule has 1 rings (SSSR count). The van der Waals surface area contributed by atoms with Gasteiger partial charge in [-0.25, -0.2) is 0 Å². The number of hydrogen-bond donors (Lipinski definition) is 1. The molecule has 0 radical (unpaired) electrons. The molecule has 1 aromatic rings. The minimum absolute atomic E-state index is 0.534. The first kappa shape index (κ1) is 12.7. The summed E-state index contributed by atoms with van der Waals surface area (Å²) in [5.74, 6) is 0. The average Bonchev–Trinajstić information content (AvgIpc) is 2.26. The van der Waals surface area contributed by atoms with E-state index in [2.05, 4.69) is 30.3 Å². The molecule has 2 N–H and O–H groups in total. The lowest BCUT2D eigenvalue weighted by molar-refractivity contribution is 0.248. The Balaban J connectivity index is 2.48. The molecule has 0 spiro atoms. The summed E-state index contributed by atoms with van der Waals surface area (Å²) in [6.07, 6.45) is 4.60. The minimum atomic E-state index is 0.534. The van der Waals surface area contributed by atoms with Crippen LogP contribution >= 0.6 is 0 Å². The van der Waals surface area contributed by atoms with Crippen molar-refractivity contribution >= 4 is 5.69 Å². The summed E-state index contributed by atoms with van der Waals surface area (Å²) < 4.78 is 0. The molecular formula is C13H21N3.